The van der Waals surface area contributed by atoms with Gasteiger partial charge in [0.05, 0.1) is 5.69 Å². The fourth-order valence-electron chi connectivity index (χ4n) is 2.74. The van der Waals surface area contributed by atoms with Crippen molar-refractivity contribution < 1.29 is 5.11 Å². The number of aryl methyl sites for hydroxylation is 2. The Morgan fingerprint density at radius 3 is 2.40 bits per heavy atom. The third kappa shape index (κ3) is 3.28. The van der Waals surface area contributed by atoms with Gasteiger partial charge in [-0.3, -0.25) is 4.99 Å². The van der Waals surface area contributed by atoms with Gasteiger partial charge in [-0.25, -0.2) is 0 Å². The van der Waals surface area contributed by atoms with Gasteiger partial charge < -0.3 is 5.11 Å². The van der Waals surface area contributed by atoms with Crippen LogP contribution in [0.5, 0.6) is 5.75 Å². The minimum atomic E-state index is -0.666. The van der Waals surface area contributed by atoms with Crippen LogP contribution in [0.4, 0.5) is 0 Å². The third-order valence-electron chi connectivity index (χ3n) is 4.13. The Hall–Kier alpha value is -3.02. The summed E-state index contributed by atoms with van der Waals surface area (Å²) in [4.78, 5) is 4.63. The molecule has 0 amide bonds. The van der Waals surface area contributed by atoms with Crippen LogP contribution in [-0.2, 0) is 5.54 Å². The summed E-state index contributed by atoms with van der Waals surface area (Å²) in [5.41, 5.74) is 3.14. The third-order valence-corrected chi connectivity index (χ3v) is 4.13. The molecule has 0 spiro atoms. The van der Waals surface area contributed by atoms with Crippen LogP contribution in [0.3, 0.4) is 0 Å². The number of phenolic OH excluding ortho intramolecular Hbond substituents is 1. The SMILES string of the molecule is Cc1cccc(C)c1-n1nnnc1C(C)(C)N=Cc1ccccc1O. The van der Waals surface area contributed by atoms with Gasteiger partial charge in [0.25, 0.3) is 0 Å². The van der Waals surface area contributed by atoms with E-state index in [2.05, 4.69) is 20.5 Å². The molecule has 3 rings (SSSR count). The van der Waals surface area contributed by atoms with Gasteiger partial charge in [-0.05, 0) is 61.4 Å². The number of aromatic nitrogens is 4. The lowest BCUT2D eigenvalue weighted by atomic mass is 10.0. The fourth-order valence-corrected chi connectivity index (χ4v) is 2.74. The van der Waals surface area contributed by atoms with E-state index in [0.717, 1.165) is 16.8 Å². The molecule has 0 aliphatic carbocycles. The molecule has 0 unspecified atom stereocenters. The van der Waals surface area contributed by atoms with Crippen LogP contribution < -0.4 is 0 Å². The first kappa shape index (κ1) is 16.8. The quantitative estimate of drug-likeness (QED) is 0.742. The lowest BCUT2D eigenvalue weighted by Gasteiger charge is -2.20. The van der Waals surface area contributed by atoms with Gasteiger partial charge in [0, 0.05) is 11.8 Å². The topological polar surface area (TPSA) is 76.2 Å². The van der Waals surface area contributed by atoms with Crippen molar-refractivity contribution in [1.82, 2.24) is 20.2 Å². The molecule has 1 aromatic heterocycles. The number of hydrogen-bond acceptors (Lipinski definition) is 5. The number of para-hydroxylation sites is 2. The molecule has 1 N–H and O–H groups in total. The maximum atomic E-state index is 9.91. The van der Waals surface area contributed by atoms with Crippen LogP contribution in [0.2, 0.25) is 0 Å². The maximum Gasteiger partial charge on any atom is 0.183 e. The Balaban J connectivity index is 2.03. The maximum absolute atomic E-state index is 9.91. The highest BCUT2D eigenvalue weighted by Crippen LogP contribution is 2.27. The van der Waals surface area contributed by atoms with Crippen molar-refractivity contribution in [1.29, 1.82) is 0 Å². The first-order valence-electron chi connectivity index (χ1n) is 8.09. The van der Waals surface area contributed by atoms with Crippen molar-refractivity contribution in [3.8, 4) is 11.4 Å². The Morgan fingerprint density at radius 2 is 1.72 bits per heavy atom. The molecule has 3 aromatic rings. The van der Waals surface area contributed by atoms with E-state index in [1.807, 2.05) is 58.0 Å². The summed E-state index contributed by atoms with van der Waals surface area (Å²) >= 11 is 0. The number of phenols is 1. The van der Waals surface area contributed by atoms with E-state index >= 15 is 0 Å². The molecule has 6 heteroatoms. The zero-order chi connectivity index (χ0) is 18.0. The van der Waals surface area contributed by atoms with Crippen LogP contribution in [0.1, 0.15) is 36.4 Å². The minimum absolute atomic E-state index is 0.191. The van der Waals surface area contributed by atoms with Crippen molar-refractivity contribution >= 4 is 6.21 Å². The van der Waals surface area contributed by atoms with Crippen molar-refractivity contribution in [3.63, 3.8) is 0 Å². The fraction of sp³-hybridized carbons (Fsp3) is 0.263. The lowest BCUT2D eigenvalue weighted by molar-refractivity contribution is 0.473. The number of aliphatic imine (C=N–C) groups is 1. The van der Waals surface area contributed by atoms with Crippen molar-refractivity contribution in [3.05, 3.63) is 65.0 Å². The second kappa shape index (κ2) is 6.47. The average molecular weight is 335 g/mol. The van der Waals surface area contributed by atoms with E-state index in [-0.39, 0.29) is 5.75 Å². The van der Waals surface area contributed by atoms with Crippen molar-refractivity contribution in [2.75, 3.05) is 0 Å². The summed E-state index contributed by atoms with van der Waals surface area (Å²) in [6, 6.07) is 13.2. The normalized spacial score (nSPS) is 12.0. The van der Waals surface area contributed by atoms with Gasteiger partial charge in [0.15, 0.2) is 5.82 Å². The Labute approximate surface area is 146 Å². The molecule has 0 atom stereocenters. The van der Waals surface area contributed by atoms with Gasteiger partial charge >= 0.3 is 0 Å². The van der Waals surface area contributed by atoms with Gasteiger partial charge in [0.2, 0.25) is 0 Å². The predicted molar refractivity (Wildman–Crippen MR) is 97.4 cm³/mol. The molecular weight excluding hydrogens is 314 g/mol. The molecule has 128 valence electrons. The van der Waals surface area contributed by atoms with Gasteiger partial charge in [0.1, 0.15) is 11.3 Å². The summed E-state index contributed by atoms with van der Waals surface area (Å²) < 4.78 is 1.74. The molecule has 0 radical (unpaired) electrons. The number of rotatable bonds is 4. The van der Waals surface area contributed by atoms with Crippen LogP contribution in [0.15, 0.2) is 47.5 Å². The zero-order valence-electron chi connectivity index (χ0n) is 14.8. The van der Waals surface area contributed by atoms with E-state index in [9.17, 15) is 5.11 Å². The first-order chi connectivity index (χ1) is 11.9. The van der Waals surface area contributed by atoms with E-state index < -0.39 is 5.54 Å². The molecule has 0 saturated heterocycles. The largest absolute Gasteiger partial charge is 0.507 e. The molecule has 6 nitrogen and oxygen atoms in total. The summed E-state index contributed by atoms with van der Waals surface area (Å²) in [5.74, 6) is 0.827. The molecule has 2 aromatic carbocycles. The molecule has 0 aliphatic heterocycles. The van der Waals surface area contributed by atoms with Gasteiger partial charge in [-0.15, -0.1) is 5.10 Å². The monoisotopic (exact) mass is 335 g/mol. The minimum Gasteiger partial charge on any atom is -0.507 e. The van der Waals surface area contributed by atoms with E-state index in [1.54, 1.807) is 23.0 Å². The Kier molecular flexibility index (Phi) is 4.35. The van der Waals surface area contributed by atoms with Crippen LogP contribution >= 0.6 is 0 Å². The van der Waals surface area contributed by atoms with Crippen molar-refractivity contribution in [2.24, 2.45) is 4.99 Å². The lowest BCUT2D eigenvalue weighted by Crippen LogP contribution is -2.22. The molecular formula is C19H21N5O. The van der Waals surface area contributed by atoms with E-state index in [1.165, 1.54) is 0 Å². The molecule has 0 bridgehead atoms. The summed E-state index contributed by atoms with van der Waals surface area (Å²) in [5, 5.41) is 22.2. The van der Waals surface area contributed by atoms with E-state index in [0.29, 0.717) is 11.4 Å². The number of aromatic hydroxyl groups is 1. The highest BCUT2D eigenvalue weighted by molar-refractivity contribution is 5.83. The highest BCUT2D eigenvalue weighted by Gasteiger charge is 2.28. The van der Waals surface area contributed by atoms with Gasteiger partial charge in [-0.1, -0.05) is 30.3 Å². The summed E-state index contributed by atoms with van der Waals surface area (Å²) in [7, 11) is 0. The summed E-state index contributed by atoms with van der Waals surface area (Å²) in [6.07, 6.45) is 1.65. The highest BCUT2D eigenvalue weighted by atomic mass is 16.3. The molecule has 0 aliphatic rings. The van der Waals surface area contributed by atoms with E-state index in [4.69, 9.17) is 0 Å². The molecule has 0 saturated carbocycles. The van der Waals surface area contributed by atoms with Crippen LogP contribution in [0, 0.1) is 13.8 Å². The summed E-state index contributed by atoms with van der Waals surface area (Å²) in [6.45, 7) is 7.96. The second-order valence-electron chi connectivity index (χ2n) is 6.53. The number of nitrogens with zero attached hydrogens (tertiary/aromatic N) is 5. The average Bonchev–Trinajstić information content (AvgIpc) is 3.04. The molecule has 0 fully saturated rings. The van der Waals surface area contributed by atoms with Crippen molar-refractivity contribution in [2.45, 2.75) is 33.2 Å². The first-order valence-corrected chi connectivity index (χ1v) is 8.09. The molecule has 1 heterocycles. The predicted octanol–water partition coefficient (Wildman–Crippen LogP) is 3.34. The number of hydrogen-bond donors (Lipinski definition) is 1. The Bertz CT molecular complexity index is 907. The zero-order valence-corrected chi connectivity index (χ0v) is 14.8. The van der Waals surface area contributed by atoms with Gasteiger partial charge in [-0.2, -0.15) is 4.68 Å². The Morgan fingerprint density at radius 1 is 1.04 bits per heavy atom. The van der Waals surface area contributed by atoms with Crippen LogP contribution in [0.25, 0.3) is 5.69 Å². The standard InChI is InChI=1S/C19H21N5O/c1-13-8-7-9-14(2)17(13)24-18(21-22-23-24)19(3,4)20-12-15-10-5-6-11-16(15)25/h5-12,25H,1-4H3. The molecule has 25 heavy (non-hydrogen) atoms. The second-order valence-corrected chi connectivity index (χ2v) is 6.53. The van der Waals surface area contributed by atoms with Crippen LogP contribution in [-0.4, -0.2) is 31.5 Å². The number of tetrazole rings is 1. The smallest absolute Gasteiger partial charge is 0.183 e. The number of benzene rings is 2.